The predicted molar refractivity (Wildman–Crippen MR) is 71.6 cm³/mol. The number of phenols is 1. The topological polar surface area (TPSA) is 57.5 Å². The summed E-state index contributed by atoms with van der Waals surface area (Å²) in [5.41, 5.74) is 1.61. The van der Waals surface area contributed by atoms with Crippen LogP contribution in [0.2, 0.25) is 0 Å². The van der Waals surface area contributed by atoms with Gasteiger partial charge in [0.15, 0.2) is 5.78 Å². The quantitative estimate of drug-likeness (QED) is 0.636. The summed E-state index contributed by atoms with van der Waals surface area (Å²) in [6.07, 6.45) is 0.277. The molecule has 3 heteroatoms. The zero-order chi connectivity index (χ0) is 13.9. The van der Waals surface area contributed by atoms with Gasteiger partial charge in [0.1, 0.15) is 5.75 Å². The summed E-state index contributed by atoms with van der Waals surface area (Å²) in [4.78, 5) is 12.1. The summed E-state index contributed by atoms with van der Waals surface area (Å²) >= 11 is 0. The highest BCUT2D eigenvalue weighted by Gasteiger charge is 2.19. The first-order valence-electron chi connectivity index (χ1n) is 5.90. The number of aliphatic hydroxyl groups is 1. The molecule has 0 atom stereocenters. The van der Waals surface area contributed by atoms with Gasteiger partial charge in [-0.3, -0.25) is 4.79 Å². The van der Waals surface area contributed by atoms with Gasteiger partial charge in [-0.1, -0.05) is 32.9 Å². The largest absolute Gasteiger partial charge is 0.508 e. The molecule has 0 fully saturated rings. The van der Waals surface area contributed by atoms with Crippen LogP contribution in [0.5, 0.6) is 5.75 Å². The minimum absolute atomic E-state index is 0.00342. The van der Waals surface area contributed by atoms with E-state index < -0.39 is 0 Å². The minimum Gasteiger partial charge on any atom is -0.508 e. The van der Waals surface area contributed by atoms with Crippen molar-refractivity contribution in [3.63, 3.8) is 0 Å². The molecule has 0 unspecified atom stereocenters. The maximum absolute atomic E-state index is 12.1. The van der Waals surface area contributed by atoms with E-state index >= 15 is 0 Å². The lowest BCUT2D eigenvalue weighted by molar-refractivity contribution is 0.0987. The highest BCUT2D eigenvalue weighted by molar-refractivity contribution is 5.97. The van der Waals surface area contributed by atoms with Crippen LogP contribution >= 0.6 is 0 Å². The Morgan fingerprint density at radius 3 is 2.44 bits per heavy atom. The monoisotopic (exact) mass is 248 g/mol. The van der Waals surface area contributed by atoms with E-state index in [1.165, 1.54) is 12.1 Å². The molecule has 98 valence electrons. The zero-order valence-electron chi connectivity index (χ0n) is 11.2. The summed E-state index contributed by atoms with van der Waals surface area (Å²) in [6.45, 7) is 9.68. The van der Waals surface area contributed by atoms with Crippen molar-refractivity contribution in [2.45, 2.75) is 33.8 Å². The number of rotatable bonds is 4. The molecule has 0 bridgehead atoms. The SMILES string of the molecule is C=C(CC(=O)c1ccc(O)c(CO)c1)C(C)(C)C. The first-order chi connectivity index (χ1) is 8.25. The average molecular weight is 248 g/mol. The second kappa shape index (κ2) is 5.36. The third-order valence-electron chi connectivity index (χ3n) is 3.01. The normalized spacial score (nSPS) is 11.3. The van der Waals surface area contributed by atoms with Crippen molar-refractivity contribution in [2.75, 3.05) is 0 Å². The summed E-state index contributed by atoms with van der Waals surface area (Å²) in [7, 11) is 0. The number of hydrogen-bond donors (Lipinski definition) is 2. The third kappa shape index (κ3) is 3.44. The predicted octanol–water partition coefficient (Wildman–Crippen LogP) is 3.06. The number of aliphatic hydroxyl groups excluding tert-OH is 1. The molecule has 1 aromatic carbocycles. The van der Waals surface area contributed by atoms with Crippen molar-refractivity contribution in [3.8, 4) is 5.75 Å². The molecule has 0 aliphatic carbocycles. The Bertz CT molecular complexity index is 467. The smallest absolute Gasteiger partial charge is 0.166 e. The van der Waals surface area contributed by atoms with Crippen molar-refractivity contribution in [3.05, 3.63) is 41.5 Å². The van der Waals surface area contributed by atoms with Crippen molar-refractivity contribution < 1.29 is 15.0 Å². The van der Waals surface area contributed by atoms with Gasteiger partial charge in [0.05, 0.1) is 6.61 Å². The van der Waals surface area contributed by atoms with Crippen LogP contribution in [0.15, 0.2) is 30.4 Å². The average Bonchev–Trinajstić information content (AvgIpc) is 2.28. The molecule has 1 rings (SSSR count). The molecular formula is C15H20O3. The van der Waals surface area contributed by atoms with E-state index in [1.54, 1.807) is 6.07 Å². The van der Waals surface area contributed by atoms with Gasteiger partial charge in [-0.2, -0.15) is 0 Å². The van der Waals surface area contributed by atoms with Crippen LogP contribution in [0.1, 0.15) is 43.1 Å². The van der Waals surface area contributed by atoms with Crippen molar-refractivity contribution >= 4 is 5.78 Å². The van der Waals surface area contributed by atoms with Gasteiger partial charge in [0.25, 0.3) is 0 Å². The Kier molecular flexibility index (Phi) is 4.30. The van der Waals surface area contributed by atoms with Gasteiger partial charge in [-0.15, -0.1) is 0 Å². The van der Waals surface area contributed by atoms with E-state index in [2.05, 4.69) is 6.58 Å². The van der Waals surface area contributed by atoms with Gasteiger partial charge in [0.2, 0.25) is 0 Å². The Labute approximate surface area is 108 Å². The molecule has 0 saturated carbocycles. The second-order valence-corrected chi connectivity index (χ2v) is 5.46. The highest BCUT2D eigenvalue weighted by Crippen LogP contribution is 2.28. The molecular weight excluding hydrogens is 228 g/mol. The molecule has 0 aliphatic rings. The maximum Gasteiger partial charge on any atom is 0.166 e. The molecule has 18 heavy (non-hydrogen) atoms. The summed E-state index contributed by atoms with van der Waals surface area (Å²) in [5, 5.41) is 18.5. The minimum atomic E-state index is -0.285. The number of ketones is 1. The molecule has 0 saturated heterocycles. The number of carbonyl (C=O) groups excluding carboxylic acids is 1. The molecule has 2 N–H and O–H groups in total. The van der Waals surface area contributed by atoms with Gasteiger partial charge in [-0.25, -0.2) is 0 Å². The Morgan fingerprint density at radius 1 is 1.33 bits per heavy atom. The van der Waals surface area contributed by atoms with Crippen LogP contribution < -0.4 is 0 Å². The van der Waals surface area contributed by atoms with E-state index in [-0.39, 0.29) is 30.0 Å². The van der Waals surface area contributed by atoms with Crippen molar-refractivity contribution in [1.29, 1.82) is 0 Å². The van der Waals surface area contributed by atoms with E-state index in [0.717, 1.165) is 5.57 Å². The van der Waals surface area contributed by atoms with E-state index in [9.17, 15) is 9.90 Å². The zero-order valence-corrected chi connectivity index (χ0v) is 11.2. The first kappa shape index (κ1) is 14.5. The molecule has 0 radical (unpaired) electrons. The molecule has 3 nitrogen and oxygen atoms in total. The number of allylic oxidation sites excluding steroid dienone is 1. The Hall–Kier alpha value is -1.61. The van der Waals surface area contributed by atoms with E-state index in [4.69, 9.17) is 5.11 Å². The molecule has 0 spiro atoms. The number of aromatic hydroxyl groups is 1. The third-order valence-corrected chi connectivity index (χ3v) is 3.01. The van der Waals surface area contributed by atoms with Crippen molar-refractivity contribution in [2.24, 2.45) is 5.41 Å². The first-order valence-corrected chi connectivity index (χ1v) is 5.90. The van der Waals surface area contributed by atoms with Crippen LogP contribution in [0, 0.1) is 5.41 Å². The van der Waals surface area contributed by atoms with Gasteiger partial charge >= 0.3 is 0 Å². The number of Topliss-reactive ketones (excluding diaryl/α,β-unsaturated/α-hetero) is 1. The van der Waals surface area contributed by atoms with Gasteiger partial charge in [0, 0.05) is 17.5 Å². The lowest BCUT2D eigenvalue weighted by atomic mass is 9.84. The van der Waals surface area contributed by atoms with E-state index in [1.807, 2.05) is 20.8 Å². The molecule has 0 aromatic heterocycles. The number of carbonyl (C=O) groups is 1. The van der Waals surface area contributed by atoms with Gasteiger partial charge in [-0.05, 0) is 23.6 Å². The fraction of sp³-hybridized carbons (Fsp3) is 0.400. The van der Waals surface area contributed by atoms with Crippen molar-refractivity contribution in [1.82, 2.24) is 0 Å². The van der Waals surface area contributed by atoms with Crippen LogP contribution in [0.4, 0.5) is 0 Å². The lowest BCUT2D eigenvalue weighted by Crippen LogP contribution is -2.12. The highest BCUT2D eigenvalue weighted by atomic mass is 16.3. The fourth-order valence-corrected chi connectivity index (χ4v) is 1.45. The summed E-state index contributed by atoms with van der Waals surface area (Å²) in [5.74, 6) is -0.0478. The van der Waals surface area contributed by atoms with Crippen LogP contribution in [0.25, 0.3) is 0 Å². The van der Waals surface area contributed by atoms with Crippen LogP contribution in [0.3, 0.4) is 0 Å². The molecule has 0 aliphatic heterocycles. The second-order valence-electron chi connectivity index (χ2n) is 5.46. The summed E-state index contributed by atoms with van der Waals surface area (Å²) in [6, 6.07) is 4.51. The lowest BCUT2D eigenvalue weighted by Gasteiger charge is -2.21. The standard InChI is InChI=1S/C15H20O3/c1-10(15(2,3)4)7-14(18)11-5-6-13(17)12(8-11)9-16/h5-6,8,16-17H,1,7,9H2,2-4H3. The number of hydrogen-bond acceptors (Lipinski definition) is 3. The molecule has 0 heterocycles. The Balaban J connectivity index is 2.89. The van der Waals surface area contributed by atoms with Gasteiger partial charge < -0.3 is 10.2 Å². The van der Waals surface area contributed by atoms with Crippen LogP contribution in [-0.2, 0) is 6.61 Å². The van der Waals surface area contributed by atoms with E-state index in [0.29, 0.717) is 11.1 Å². The summed E-state index contributed by atoms with van der Waals surface area (Å²) < 4.78 is 0. The fourth-order valence-electron chi connectivity index (χ4n) is 1.45. The number of benzene rings is 1. The molecule has 1 aromatic rings. The maximum atomic E-state index is 12.1. The Morgan fingerprint density at radius 2 is 1.94 bits per heavy atom. The molecule has 0 amide bonds. The van der Waals surface area contributed by atoms with Crippen LogP contribution in [-0.4, -0.2) is 16.0 Å².